The van der Waals surface area contributed by atoms with Crippen molar-refractivity contribution < 1.29 is 10.0 Å². The van der Waals surface area contributed by atoms with Gasteiger partial charge in [-0.15, -0.1) is 0 Å². The molecule has 0 heterocycles. The zero-order chi connectivity index (χ0) is 14.5. The minimum atomic E-state index is -0.763. The summed E-state index contributed by atoms with van der Waals surface area (Å²) >= 11 is 5.75. The molecule has 2 N–H and O–H groups in total. The first-order valence-corrected chi connectivity index (χ1v) is 6.65. The highest BCUT2D eigenvalue weighted by Crippen LogP contribution is 2.23. The molecule has 19 heavy (non-hydrogen) atoms. The van der Waals surface area contributed by atoms with Crippen LogP contribution in [0.25, 0.3) is 0 Å². The first-order valence-electron chi connectivity index (χ1n) is 6.27. The van der Waals surface area contributed by atoms with Gasteiger partial charge in [-0.2, -0.15) is 0 Å². The van der Waals surface area contributed by atoms with Crippen LogP contribution in [-0.4, -0.2) is 22.2 Å². The number of hydrogen-bond donors (Lipinski definition) is 2. The quantitative estimate of drug-likeness (QED) is 0.597. The van der Waals surface area contributed by atoms with Gasteiger partial charge in [0.1, 0.15) is 0 Å². The molecule has 1 rings (SSSR count). The number of aliphatic hydroxyl groups is 1. The third-order valence-electron chi connectivity index (χ3n) is 3.33. The molecule has 0 fully saturated rings. The summed E-state index contributed by atoms with van der Waals surface area (Å²) < 4.78 is 0. The summed E-state index contributed by atoms with van der Waals surface area (Å²) in [7, 11) is 0. The molecule has 0 atom stereocenters. The summed E-state index contributed by atoms with van der Waals surface area (Å²) in [6, 6.07) is 4.59. The van der Waals surface area contributed by atoms with Crippen LogP contribution in [0.4, 0.5) is 5.69 Å². The monoisotopic (exact) mass is 286 g/mol. The second-order valence-electron chi connectivity index (χ2n) is 4.57. The van der Waals surface area contributed by atoms with E-state index in [9.17, 15) is 15.2 Å². The average Bonchev–Trinajstić information content (AvgIpc) is 2.40. The van der Waals surface area contributed by atoms with E-state index in [0.29, 0.717) is 36.5 Å². The van der Waals surface area contributed by atoms with Gasteiger partial charge in [0.15, 0.2) is 0 Å². The predicted octanol–water partition coefficient (Wildman–Crippen LogP) is 2.89. The second kappa shape index (κ2) is 6.84. The standard InChI is InChI=1S/C13H19ClN2O3/c1-3-13(17,4-2)9-15-8-10-5-6-11(14)7-12(10)16(18)19/h5-7,15,17H,3-4,8-9H2,1-2H3. The lowest BCUT2D eigenvalue weighted by Crippen LogP contribution is -2.39. The number of rotatable bonds is 7. The van der Waals surface area contributed by atoms with Gasteiger partial charge in [-0.25, -0.2) is 0 Å². The molecule has 0 radical (unpaired) electrons. The largest absolute Gasteiger partial charge is 0.389 e. The maximum Gasteiger partial charge on any atom is 0.275 e. The lowest BCUT2D eigenvalue weighted by molar-refractivity contribution is -0.385. The first kappa shape index (κ1) is 15.9. The molecule has 0 bridgehead atoms. The highest BCUT2D eigenvalue weighted by atomic mass is 35.5. The van der Waals surface area contributed by atoms with Crippen molar-refractivity contribution in [3.05, 3.63) is 38.9 Å². The van der Waals surface area contributed by atoms with Crippen molar-refractivity contribution in [3.63, 3.8) is 0 Å². The van der Waals surface area contributed by atoms with E-state index in [1.807, 2.05) is 13.8 Å². The lowest BCUT2D eigenvalue weighted by atomic mass is 9.97. The van der Waals surface area contributed by atoms with E-state index >= 15 is 0 Å². The summed E-state index contributed by atoms with van der Waals surface area (Å²) in [5.41, 5.74) is -0.207. The third-order valence-corrected chi connectivity index (χ3v) is 3.56. The summed E-state index contributed by atoms with van der Waals surface area (Å²) in [4.78, 5) is 10.5. The van der Waals surface area contributed by atoms with Crippen LogP contribution < -0.4 is 5.32 Å². The Morgan fingerprint density at radius 3 is 2.58 bits per heavy atom. The molecule has 0 saturated carbocycles. The first-order chi connectivity index (χ1) is 8.91. The van der Waals surface area contributed by atoms with Gasteiger partial charge in [-0.3, -0.25) is 10.1 Å². The molecular formula is C13H19ClN2O3. The Morgan fingerprint density at radius 1 is 1.42 bits per heavy atom. The fourth-order valence-corrected chi connectivity index (χ4v) is 1.95. The van der Waals surface area contributed by atoms with Gasteiger partial charge in [-0.1, -0.05) is 25.4 Å². The Bertz CT molecular complexity index is 448. The number of nitrogens with one attached hydrogen (secondary N) is 1. The van der Waals surface area contributed by atoms with E-state index in [0.717, 1.165) is 0 Å². The van der Waals surface area contributed by atoms with Crippen molar-refractivity contribution in [1.29, 1.82) is 0 Å². The van der Waals surface area contributed by atoms with Crippen molar-refractivity contribution in [3.8, 4) is 0 Å². The number of nitro groups is 1. The van der Waals surface area contributed by atoms with Crippen molar-refractivity contribution in [2.24, 2.45) is 0 Å². The van der Waals surface area contributed by atoms with E-state index in [1.165, 1.54) is 6.07 Å². The van der Waals surface area contributed by atoms with Crippen LogP contribution in [-0.2, 0) is 6.54 Å². The van der Waals surface area contributed by atoms with Crippen molar-refractivity contribution in [1.82, 2.24) is 5.32 Å². The maximum absolute atomic E-state index is 10.9. The highest BCUT2D eigenvalue weighted by molar-refractivity contribution is 6.30. The SMILES string of the molecule is CCC(O)(CC)CNCc1ccc(Cl)cc1[N+](=O)[O-]. The van der Waals surface area contributed by atoms with Gasteiger partial charge in [0.25, 0.3) is 5.69 Å². The van der Waals surface area contributed by atoms with E-state index in [1.54, 1.807) is 12.1 Å². The summed E-state index contributed by atoms with van der Waals surface area (Å²) in [6.45, 7) is 4.56. The van der Waals surface area contributed by atoms with Crippen molar-refractivity contribution in [2.45, 2.75) is 38.8 Å². The molecule has 0 amide bonds. The minimum Gasteiger partial charge on any atom is -0.389 e. The molecule has 0 aliphatic carbocycles. The molecular weight excluding hydrogens is 268 g/mol. The summed E-state index contributed by atoms with van der Waals surface area (Å²) in [5, 5.41) is 24.4. The van der Waals surface area contributed by atoms with Gasteiger partial charge < -0.3 is 10.4 Å². The Hall–Kier alpha value is -1.17. The van der Waals surface area contributed by atoms with Gasteiger partial charge in [0, 0.05) is 29.7 Å². The molecule has 5 nitrogen and oxygen atoms in total. The van der Waals surface area contributed by atoms with Gasteiger partial charge in [0.2, 0.25) is 0 Å². The lowest BCUT2D eigenvalue weighted by Gasteiger charge is -2.25. The van der Waals surface area contributed by atoms with Crippen LogP contribution in [0.2, 0.25) is 5.02 Å². The van der Waals surface area contributed by atoms with Crippen LogP contribution >= 0.6 is 11.6 Å². The number of nitrogens with zero attached hydrogens (tertiary/aromatic N) is 1. The molecule has 0 unspecified atom stereocenters. The van der Waals surface area contributed by atoms with Crippen LogP contribution in [0.15, 0.2) is 18.2 Å². The molecule has 1 aromatic carbocycles. The second-order valence-corrected chi connectivity index (χ2v) is 5.00. The molecule has 0 aromatic heterocycles. The smallest absolute Gasteiger partial charge is 0.275 e. The molecule has 0 saturated heterocycles. The Morgan fingerprint density at radius 2 is 2.05 bits per heavy atom. The number of halogens is 1. The zero-order valence-electron chi connectivity index (χ0n) is 11.1. The molecule has 0 aliphatic rings. The Balaban J connectivity index is 2.71. The fraction of sp³-hybridized carbons (Fsp3) is 0.538. The Kier molecular flexibility index (Phi) is 5.72. The molecule has 1 aromatic rings. The Labute approximate surface area is 117 Å². The van der Waals surface area contributed by atoms with Gasteiger partial charge in [-0.05, 0) is 25.0 Å². The maximum atomic E-state index is 10.9. The van der Waals surface area contributed by atoms with Gasteiger partial charge in [0.05, 0.1) is 10.5 Å². The molecule has 0 aliphatic heterocycles. The zero-order valence-corrected chi connectivity index (χ0v) is 11.9. The van der Waals surface area contributed by atoms with Crippen molar-refractivity contribution >= 4 is 17.3 Å². The van der Waals surface area contributed by atoms with Crippen LogP contribution in [0.1, 0.15) is 32.3 Å². The van der Waals surface area contributed by atoms with Crippen molar-refractivity contribution in [2.75, 3.05) is 6.54 Å². The van der Waals surface area contributed by atoms with E-state index in [-0.39, 0.29) is 5.69 Å². The molecule has 106 valence electrons. The molecule has 0 spiro atoms. The highest BCUT2D eigenvalue weighted by Gasteiger charge is 2.22. The van der Waals surface area contributed by atoms with E-state index in [4.69, 9.17) is 11.6 Å². The normalized spacial score (nSPS) is 11.6. The van der Waals surface area contributed by atoms with E-state index < -0.39 is 10.5 Å². The number of benzene rings is 1. The summed E-state index contributed by atoms with van der Waals surface area (Å²) in [6.07, 6.45) is 1.28. The molecule has 6 heteroatoms. The topological polar surface area (TPSA) is 75.4 Å². The summed E-state index contributed by atoms with van der Waals surface area (Å²) in [5.74, 6) is 0. The number of nitro benzene ring substituents is 1. The van der Waals surface area contributed by atoms with Crippen LogP contribution in [0, 0.1) is 10.1 Å². The third kappa shape index (κ3) is 4.45. The predicted molar refractivity (Wildman–Crippen MR) is 75.3 cm³/mol. The number of hydrogen-bond acceptors (Lipinski definition) is 4. The van der Waals surface area contributed by atoms with Crippen LogP contribution in [0.3, 0.4) is 0 Å². The fourth-order valence-electron chi connectivity index (χ4n) is 1.79. The average molecular weight is 287 g/mol. The van der Waals surface area contributed by atoms with Gasteiger partial charge >= 0.3 is 0 Å². The van der Waals surface area contributed by atoms with E-state index in [2.05, 4.69) is 5.32 Å². The minimum absolute atomic E-state index is 0.00321. The van der Waals surface area contributed by atoms with Crippen LogP contribution in [0.5, 0.6) is 0 Å².